The molecule has 6 nitrogen and oxygen atoms in total. The van der Waals surface area contributed by atoms with Gasteiger partial charge in [-0.1, -0.05) is 29.8 Å². The molecule has 1 fully saturated rings. The van der Waals surface area contributed by atoms with Crippen LogP contribution in [0.2, 0.25) is 5.02 Å². The summed E-state index contributed by atoms with van der Waals surface area (Å²) in [7, 11) is -3.70. The number of benzene rings is 2. The van der Waals surface area contributed by atoms with E-state index in [1.54, 1.807) is 18.2 Å². The topological polar surface area (TPSA) is 84.5 Å². The van der Waals surface area contributed by atoms with Gasteiger partial charge in [0.15, 0.2) is 0 Å². The summed E-state index contributed by atoms with van der Waals surface area (Å²) in [5.41, 5.74) is 1.65. The number of hydrogen-bond acceptors (Lipinski definition) is 4. The van der Waals surface area contributed by atoms with Crippen LogP contribution in [0.25, 0.3) is 0 Å². The van der Waals surface area contributed by atoms with Crippen LogP contribution in [-0.2, 0) is 26.2 Å². The summed E-state index contributed by atoms with van der Waals surface area (Å²) in [5, 5.41) is 3.11. The molecule has 0 aromatic heterocycles. The molecule has 8 heteroatoms. The van der Waals surface area contributed by atoms with Gasteiger partial charge in [-0.05, 0) is 54.7 Å². The van der Waals surface area contributed by atoms with E-state index >= 15 is 0 Å². The standard InChI is InChI=1S/C20H23ClN2O4S/c21-17-4-2-6-19(12-17)28(25,26)22-10-9-20(24)23-18-5-1-3-16(11-18)14-27-13-15-7-8-15/h1-6,11-12,15,22H,7-10,13-14H2,(H,23,24). The minimum atomic E-state index is -3.70. The molecule has 0 atom stereocenters. The highest BCUT2D eigenvalue weighted by molar-refractivity contribution is 7.89. The molecule has 0 saturated heterocycles. The predicted octanol–water partition coefficient (Wildman–Crippen LogP) is 3.57. The normalized spacial score (nSPS) is 14.0. The number of sulfonamides is 1. The fourth-order valence-corrected chi connectivity index (χ4v) is 3.94. The third-order valence-corrected chi connectivity index (χ3v) is 5.97. The molecular formula is C20H23ClN2O4S. The molecule has 3 rings (SSSR count). The largest absolute Gasteiger partial charge is 0.376 e. The third-order valence-electron chi connectivity index (χ3n) is 4.28. The average molecular weight is 423 g/mol. The maximum Gasteiger partial charge on any atom is 0.240 e. The van der Waals surface area contributed by atoms with Crippen LogP contribution in [-0.4, -0.2) is 27.5 Å². The fourth-order valence-electron chi connectivity index (χ4n) is 2.61. The van der Waals surface area contributed by atoms with E-state index in [1.165, 1.54) is 25.0 Å². The molecule has 1 aliphatic carbocycles. The number of amides is 1. The van der Waals surface area contributed by atoms with Crippen LogP contribution in [0.5, 0.6) is 0 Å². The SMILES string of the molecule is O=C(CCNS(=O)(=O)c1cccc(Cl)c1)Nc1cccc(COCC2CC2)c1. The maximum atomic E-state index is 12.2. The van der Waals surface area contributed by atoms with E-state index in [4.69, 9.17) is 16.3 Å². The number of halogens is 1. The molecule has 0 spiro atoms. The van der Waals surface area contributed by atoms with E-state index in [9.17, 15) is 13.2 Å². The lowest BCUT2D eigenvalue weighted by atomic mass is 10.2. The molecule has 0 bridgehead atoms. The summed E-state index contributed by atoms with van der Waals surface area (Å²) in [6.45, 7) is 1.29. The van der Waals surface area contributed by atoms with E-state index in [0.717, 1.165) is 12.2 Å². The third kappa shape index (κ3) is 6.60. The Kier molecular flexibility index (Phi) is 7.07. The number of hydrogen-bond donors (Lipinski definition) is 2. The van der Waals surface area contributed by atoms with Gasteiger partial charge in [-0.3, -0.25) is 4.79 Å². The lowest BCUT2D eigenvalue weighted by molar-refractivity contribution is -0.116. The van der Waals surface area contributed by atoms with Crippen molar-refractivity contribution >= 4 is 33.2 Å². The van der Waals surface area contributed by atoms with Gasteiger partial charge in [-0.25, -0.2) is 13.1 Å². The molecule has 0 unspecified atom stereocenters. The van der Waals surface area contributed by atoms with Crippen molar-refractivity contribution in [1.29, 1.82) is 0 Å². The number of carbonyl (C=O) groups is 1. The van der Waals surface area contributed by atoms with Crippen molar-refractivity contribution in [3.8, 4) is 0 Å². The smallest absolute Gasteiger partial charge is 0.240 e. The minimum absolute atomic E-state index is 0.00906. The van der Waals surface area contributed by atoms with Crippen molar-refractivity contribution in [3.05, 3.63) is 59.1 Å². The first kappa shape index (κ1) is 20.8. The Labute approximate surface area is 170 Å². The molecule has 1 aliphatic rings. The van der Waals surface area contributed by atoms with Crippen molar-refractivity contribution in [3.63, 3.8) is 0 Å². The van der Waals surface area contributed by atoms with Gasteiger partial charge < -0.3 is 10.1 Å². The van der Waals surface area contributed by atoms with Crippen LogP contribution in [0.3, 0.4) is 0 Å². The van der Waals surface area contributed by atoms with Crippen LogP contribution in [0.1, 0.15) is 24.8 Å². The molecule has 2 aromatic rings. The van der Waals surface area contributed by atoms with Gasteiger partial charge in [0.25, 0.3) is 0 Å². The summed E-state index contributed by atoms with van der Waals surface area (Å²) in [4.78, 5) is 12.2. The van der Waals surface area contributed by atoms with E-state index in [1.807, 2.05) is 18.2 Å². The zero-order valence-corrected chi connectivity index (χ0v) is 16.9. The maximum absolute atomic E-state index is 12.2. The number of ether oxygens (including phenoxy) is 1. The Morgan fingerprint density at radius 2 is 1.93 bits per heavy atom. The molecule has 28 heavy (non-hydrogen) atoms. The molecule has 0 aliphatic heterocycles. The van der Waals surface area contributed by atoms with Crippen LogP contribution in [0, 0.1) is 5.92 Å². The number of anilines is 1. The zero-order chi connectivity index (χ0) is 20.0. The van der Waals surface area contributed by atoms with E-state index < -0.39 is 10.0 Å². The quantitative estimate of drug-likeness (QED) is 0.613. The Bertz CT molecular complexity index is 929. The number of nitrogens with one attached hydrogen (secondary N) is 2. The number of carbonyl (C=O) groups excluding carboxylic acids is 1. The number of rotatable bonds is 10. The van der Waals surface area contributed by atoms with E-state index in [-0.39, 0.29) is 23.8 Å². The molecule has 150 valence electrons. The molecule has 1 amide bonds. The summed E-state index contributed by atoms with van der Waals surface area (Å²) in [6, 6.07) is 13.4. The van der Waals surface area contributed by atoms with E-state index in [0.29, 0.717) is 23.2 Å². The van der Waals surface area contributed by atoms with Gasteiger partial charge in [0, 0.05) is 30.3 Å². The Balaban J connectivity index is 1.45. The fraction of sp³-hybridized carbons (Fsp3) is 0.350. The predicted molar refractivity (Wildman–Crippen MR) is 109 cm³/mol. The van der Waals surface area contributed by atoms with Crippen molar-refractivity contribution in [2.45, 2.75) is 30.8 Å². The summed E-state index contributed by atoms with van der Waals surface area (Å²) in [5.74, 6) is 0.434. The first-order valence-corrected chi connectivity index (χ1v) is 11.0. The Morgan fingerprint density at radius 1 is 1.14 bits per heavy atom. The second kappa shape index (κ2) is 9.52. The van der Waals surface area contributed by atoms with Gasteiger partial charge in [-0.15, -0.1) is 0 Å². The summed E-state index contributed by atoms with van der Waals surface area (Å²) in [6.07, 6.45) is 2.51. The molecule has 2 N–H and O–H groups in total. The van der Waals surface area contributed by atoms with Crippen molar-refractivity contribution in [2.75, 3.05) is 18.5 Å². The second-order valence-corrected chi connectivity index (χ2v) is 9.02. The molecule has 0 heterocycles. The monoisotopic (exact) mass is 422 g/mol. The van der Waals surface area contributed by atoms with Crippen LogP contribution in [0.15, 0.2) is 53.4 Å². The van der Waals surface area contributed by atoms with Crippen molar-refractivity contribution in [1.82, 2.24) is 4.72 Å². The van der Waals surface area contributed by atoms with Crippen LogP contribution >= 0.6 is 11.6 Å². The lowest BCUT2D eigenvalue weighted by Gasteiger charge is -2.09. The highest BCUT2D eigenvalue weighted by Gasteiger charge is 2.21. The first-order chi connectivity index (χ1) is 13.4. The summed E-state index contributed by atoms with van der Waals surface area (Å²) < 4.78 is 32.5. The molecular weight excluding hydrogens is 400 g/mol. The molecule has 1 saturated carbocycles. The Morgan fingerprint density at radius 3 is 2.68 bits per heavy atom. The van der Waals surface area contributed by atoms with Gasteiger partial charge in [0.2, 0.25) is 15.9 Å². The minimum Gasteiger partial charge on any atom is -0.376 e. The van der Waals surface area contributed by atoms with Crippen LogP contribution in [0.4, 0.5) is 5.69 Å². The first-order valence-electron chi connectivity index (χ1n) is 9.14. The molecule has 2 aromatic carbocycles. The van der Waals surface area contributed by atoms with Crippen molar-refractivity contribution < 1.29 is 17.9 Å². The highest BCUT2D eigenvalue weighted by atomic mass is 35.5. The van der Waals surface area contributed by atoms with Gasteiger partial charge in [0.05, 0.1) is 11.5 Å². The zero-order valence-electron chi connectivity index (χ0n) is 15.4. The van der Waals surface area contributed by atoms with Gasteiger partial charge in [0.1, 0.15) is 0 Å². The van der Waals surface area contributed by atoms with E-state index in [2.05, 4.69) is 10.0 Å². The molecule has 0 radical (unpaired) electrons. The average Bonchev–Trinajstić information content (AvgIpc) is 3.46. The van der Waals surface area contributed by atoms with Gasteiger partial charge >= 0.3 is 0 Å². The highest BCUT2D eigenvalue weighted by Crippen LogP contribution is 2.29. The summed E-state index contributed by atoms with van der Waals surface area (Å²) >= 11 is 5.82. The Hall–Kier alpha value is -1.93. The van der Waals surface area contributed by atoms with Crippen LogP contribution < -0.4 is 10.0 Å². The van der Waals surface area contributed by atoms with Gasteiger partial charge in [-0.2, -0.15) is 0 Å². The second-order valence-electron chi connectivity index (χ2n) is 6.81. The van der Waals surface area contributed by atoms with Crippen molar-refractivity contribution in [2.24, 2.45) is 5.92 Å². The lowest BCUT2D eigenvalue weighted by Crippen LogP contribution is -2.27.